The third-order valence-electron chi connectivity index (χ3n) is 5.42. The quantitative estimate of drug-likeness (QED) is 0.131. The molecule has 2 unspecified atom stereocenters. The Kier molecular flexibility index (Phi) is 11.4. The Morgan fingerprint density at radius 2 is 0.909 bits per heavy atom. The zero-order valence-corrected chi connectivity index (χ0v) is 27.4. The number of hydrogen-bond donors (Lipinski definition) is 2. The van der Waals surface area contributed by atoms with Crippen LogP contribution in [0.15, 0.2) is 92.4 Å². The highest BCUT2D eigenvalue weighted by Crippen LogP contribution is 2.45. The number of nitrogens with one attached hydrogen (secondary N) is 2. The van der Waals surface area contributed by atoms with E-state index in [-0.39, 0.29) is 31.2 Å². The third-order valence-corrected chi connectivity index (χ3v) is 11.2. The molecule has 0 bridgehead atoms. The summed E-state index contributed by atoms with van der Waals surface area (Å²) in [4.78, 5) is 0.556. The predicted molar refractivity (Wildman–Crippen MR) is 168 cm³/mol. The van der Waals surface area contributed by atoms with Crippen LogP contribution in [-0.2, 0) is 34.3 Å². The summed E-state index contributed by atoms with van der Waals surface area (Å²) < 4.78 is 111. The fourth-order valence-electron chi connectivity index (χ4n) is 3.39. The number of halogens is 10. The summed E-state index contributed by atoms with van der Waals surface area (Å²) in [7, 11) is -2.06. The van der Waals surface area contributed by atoms with E-state index >= 15 is 0 Å². The van der Waals surface area contributed by atoms with Crippen LogP contribution in [0.1, 0.15) is 11.1 Å². The van der Waals surface area contributed by atoms with E-state index in [0.29, 0.717) is 21.9 Å². The van der Waals surface area contributed by atoms with Crippen LogP contribution in [0.4, 0.5) is 37.7 Å². The number of anilines is 2. The Morgan fingerprint density at radius 3 is 1.25 bits per heavy atom. The molecule has 0 amide bonds. The SMILES string of the molecule is O=S(Nc1cc(Cl)ccc1SSc1ccc(Cl)cc1NS(=O)c1ccc(Cl)c(C(F)(F)F)c1)c1ccc(Cl)c(C(F)(F)F)c1. The van der Waals surface area contributed by atoms with Crippen molar-refractivity contribution in [3.8, 4) is 0 Å². The van der Waals surface area contributed by atoms with Crippen LogP contribution < -0.4 is 9.44 Å². The number of hydrogen-bond acceptors (Lipinski definition) is 4. The molecule has 0 aromatic heterocycles. The summed E-state index contributed by atoms with van der Waals surface area (Å²) in [6, 6.07) is 14.8. The van der Waals surface area contributed by atoms with E-state index in [1.165, 1.54) is 36.4 Å². The van der Waals surface area contributed by atoms with Gasteiger partial charge in [0.25, 0.3) is 0 Å². The maximum absolute atomic E-state index is 13.3. The Morgan fingerprint density at radius 1 is 0.545 bits per heavy atom. The summed E-state index contributed by atoms with van der Waals surface area (Å²) in [6.45, 7) is 0. The minimum Gasteiger partial charge on any atom is -0.300 e. The van der Waals surface area contributed by atoms with Crippen molar-refractivity contribution in [2.24, 2.45) is 0 Å². The standard InChI is InChI=1S/C26H14Cl4F6N2O2S4/c27-13-1-7-23(21(9-13)37-43(39)15-3-5-19(29)17(11-15)25(31,32)33)41-42-24-8-2-14(28)10-22(24)38-44(40)16-4-6-20(30)18(12-16)26(34,35)36/h1-12,37-38H. The molecule has 0 saturated carbocycles. The lowest BCUT2D eigenvalue weighted by atomic mass is 10.2. The van der Waals surface area contributed by atoms with Crippen molar-refractivity contribution in [1.82, 2.24) is 0 Å². The number of alkyl halides is 6. The molecule has 4 aromatic carbocycles. The Bertz CT molecular complexity index is 1630. The highest BCUT2D eigenvalue weighted by Gasteiger charge is 2.35. The van der Waals surface area contributed by atoms with Crippen molar-refractivity contribution < 1.29 is 34.8 Å². The second-order valence-electron chi connectivity index (χ2n) is 8.47. The average Bonchev–Trinajstić information content (AvgIpc) is 2.92. The van der Waals surface area contributed by atoms with E-state index < -0.39 is 55.5 Å². The predicted octanol–water partition coefficient (Wildman–Crippen LogP) is 11.4. The van der Waals surface area contributed by atoms with Gasteiger partial charge in [-0.05, 0) is 72.8 Å². The average molecular weight is 770 g/mol. The smallest absolute Gasteiger partial charge is 0.300 e. The molecule has 234 valence electrons. The molecule has 18 heteroatoms. The molecule has 0 spiro atoms. The maximum atomic E-state index is 13.3. The first-order chi connectivity index (χ1) is 20.5. The lowest BCUT2D eigenvalue weighted by Gasteiger charge is -2.15. The molecule has 44 heavy (non-hydrogen) atoms. The molecule has 0 aliphatic carbocycles. The molecule has 0 radical (unpaired) electrons. The van der Waals surface area contributed by atoms with Gasteiger partial charge in [-0.3, -0.25) is 9.44 Å². The summed E-state index contributed by atoms with van der Waals surface area (Å²) in [6.07, 6.45) is -9.51. The lowest BCUT2D eigenvalue weighted by Crippen LogP contribution is -2.10. The van der Waals surface area contributed by atoms with Crippen molar-refractivity contribution in [2.75, 3.05) is 9.44 Å². The van der Waals surface area contributed by atoms with Gasteiger partial charge in [0.05, 0.1) is 42.3 Å². The van der Waals surface area contributed by atoms with Gasteiger partial charge in [0, 0.05) is 19.8 Å². The summed E-state index contributed by atoms with van der Waals surface area (Å²) in [5, 5.41) is -0.592. The fourth-order valence-corrected chi connectivity index (χ4v) is 8.36. The minimum atomic E-state index is -4.76. The highest BCUT2D eigenvalue weighted by molar-refractivity contribution is 8.76. The molecule has 4 rings (SSSR count). The monoisotopic (exact) mass is 768 g/mol. The lowest BCUT2D eigenvalue weighted by molar-refractivity contribution is -0.138. The fraction of sp³-hybridized carbons (Fsp3) is 0.0769. The minimum absolute atomic E-state index is 0.187. The van der Waals surface area contributed by atoms with Crippen molar-refractivity contribution in [1.29, 1.82) is 0 Å². The summed E-state index contributed by atoms with van der Waals surface area (Å²) >= 11 is 23.6. The van der Waals surface area contributed by atoms with Gasteiger partial charge < -0.3 is 0 Å². The second kappa shape index (κ2) is 14.3. The van der Waals surface area contributed by atoms with Crippen LogP contribution in [0.25, 0.3) is 0 Å². The van der Waals surface area contributed by atoms with E-state index in [2.05, 4.69) is 9.44 Å². The Labute approximate surface area is 279 Å². The van der Waals surface area contributed by atoms with Gasteiger partial charge in [0.2, 0.25) is 0 Å². The van der Waals surface area contributed by atoms with Crippen molar-refractivity contribution in [2.45, 2.75) is 31.9 Å². The molecule has 0 aliphatic rings. The zero-order valence-electron chi connectivity index (χ0n) is 21.2. The van der Waals surface area contributed by atoms with Crippen molar-refractivity contribution in [3.63, 3.8) is 0 Å². The van der Waals surface area contributed by atoms with Crippen LogP contribution in [-0.4, -0.2) is 8.42 Å². The van der Waals surface area contributed by atoms with Gasteiger partial charge >= 0.3 is 12.4 Å². The van der Waals surface area contributed by atoms with Crippen LogP contribution in [0, 0.1) is 0 Å². The van der Waals surface area contributed by atoms with E-state index in [9.17, 15) is 34.8 Å². The Balaban J connectivity index is 1.56. The molecule has 0 fully saturated rings. The van der Waals surface area contributed by atoms with Crippen molar-refractivity contribution in [3.05, 3.63) is 104 Å². The molecular weight excluding hydrogens is 756 g/mol. The van der Waals surface area contributed by atoms with E-state index in [1.807, 2.05) is 0 Å². The third kappa shape index (κ3) is 8.93. The first-order valence-corrected chi connectivity index (χ1v) is 17.5. The molecule has 0 aliphatic heterocycles. The Hall–Kier alpha value is -1.78. The zero-order chi connectivity index (χ0) is 32.4. The first-order valence-electron chi connectivity index (χ1n) is 11.6. The summed E-state index contributed by atoms with van der Waals surface area (Å²) in [5.74, 6) is 0. The summed E-state index contributed by atoms with van der Waals surface area (Å²) in [5.41, 5.74) is -1.83. The normalized spacial score (nSPS) is 13.4. The van der Waals surface area contributed by atoms with E-state index in [1.54, 1.807) is 12.1 Å². The van der Waals surface area contributed by atoms with Crippen LogP contribution >= 0.6 is 68.0 Å². The topological polar surface area (TPSA) is 58.2 Å². The molecule has 0 saturated heterocycles. The van der Waals surface area contributed by atoms with Crippen molar-refractivity contribution >= 4 is 101 Å². The van der Waals surface area contributed by atoms with Crippen LogP contribution in [0.3, 0.4) is 0 Å². The number of benzene rings is 4. The largest absolute Gasteiger partial charge is 0.417 e. The van der Waals surface area contributed by atoms with E-state index in [0.717, 1.165) is 33.7 Å². The molecule has 4 nitrogen and oxygen atoms in total. The van der Waals surface area contributed by atoms with Gasteiger partial charge in [-0.2, -0.15) is 26.3 Å². The van der Waals surface area contributed by atoms with Gasteiger partial charge in [-0.1, -0.05) is 68.0 Å². The molecule has 4 aromatic rings. The van der Waals surface area contributed by atoms with Crippen LogP contribution in [0.2, 0.25) is 20.1 Å². The van der Waals surface area contributed by atoms with Crippen LogP contribution in [0.5, 0.6) is 0 Å². The highest BCUT2D eigenvalue weighted by atomic mass is 35.5. The van der Waals surface area contributed by atoms with Gasteiger partial charge in [-0.15, -0.1) is 0 Å². The molecular formula is C26H14Cl4F6N2O2S4. The molecule has 0 heterocycles. The van der Waals surface area contributed by atoms with E-state index in [4.69, 9.17) is 46.4 Å². The first kappa shape index (κ1) is 35.1. The molecule has 2 N–H and O–H groups in total. The molecule has 2 atom stereocenters. The maximum Gasteiger partial charge on any atom is 0.417 e. The van der Waals surface area contributed by atoms with Gasteiger partial charge in [0.1, 0.15) is 22.0 Å². The van der Waals surface area contributed by atoms with Gasteiger partial charge in [-0.25, -0.2) is 8.42 Å². The second-order valence-corrected chi connectivity index (χ2v) is 14.8. The van der Waals surface area contributed by atoms with Gasteiger partial charge in [0.15, 0.2) is 0 Å². The number of rotatable bonds is 9.